The Balaban J connectivity index is 2.32. The molecule has 0 saturated heterocycles. The summed E-state index contributed by atoms with van der Waals surface area (Å²) >= 11 is 0. The van der Waals surface area contributed by atoms with Crippen LogP contribution in [0.4, 0.5) is 4.79 Å². The molecule has 20 heavy (non-hydrogen) atoms. The van der Waals surface area contributed by atoms with E-state index in [0.717, 1.165) is 25.7 Å². The number of hydrogen-bond acceptors (Lipinski definition) is 4. The lowest BCUT2D eigenvalue weighted by atomic mass is 10.1. The molecule has 2 amide bonds. The zero-order valence-corrected chi connectivity index (χ0v) is 11.8. The minimum Gasteiger partial charge on any atom is -0.481 e. The number of aliphatic carboxylic acids is 1. The van der Waals surface area contributed by atoms with Gasteiger partial charge in [0.25, 0.3) is 0 Å². The molecular formula is C13H24N2O5. The van der Waals surface area contributed by atoms with Crippen molar-refractivity contribution in [2.75, 3.05) is 13.7 Å². The molecule has 1 fully saturated rings. The second-order valence-corrected chi connectivity index (χ2v) is 5.12. The van der Waals surface area contributed by atoms with Crippen LogP contribution in [-0.2, 0) is 9.53 Å². The highest BCUT2D eigenvalue weighted by Gasteiger charge is 2.23. The van der Waals surface area contributed by atoms with E-state index in [1.165, 1.54) is 7.11 Å². The fourth-order valence-electron chi connectivity index (χ4n) is 2.32. The Morgan fingerprint density at radius 1 is 1.30 bits per heavy atom. The molecule has 3 atom stereocenters. The first-order valence-electron chi connectivity index (χ1n) is 7.00. The fraction of sp³-hybridized carbons (Fsp3) is 0.846. The van der Waals surface area contributed by atoms with Crippen LogP contribution in [0.1, 0.15) is 38.5 Å². The van der Waals surface area contributed by atoms with Crippen molar-refractivity contribution < 1.29 is 24.5 Å². The lowest BCUT2D eigenvalue weighted by Crippen LogP contribution is -2.49. The van der Waals surface area contributed by atoms with E-state index in [9.17, 15) is 14.7 Å². The van der Waals surface area contributed by atoms with Crippen LogP contribution in [0.5, 0.6) is 0 Å². The Bertz CT molecular complexity index is 324. The molecule has 0 aromatic rings. The van der Waals surface area contributed by atoms with Crippen molar-refractivity contribution in [2.45, 2.75) is 56.8 Å². The molecule has 116 valence electrons. The second-order valence-electron chi connectivity index (χ2n) is 5.12. The van der Waals surface area contributed by atoms with Gasteiger partial charge in [-0.1, -0.05) is 19.3 Å². The number of amides is 2. The smallest absolute Gasteiger partial charge is 0.315 e. The summed E-state index contributed by atoms with van der Waals surface area (Å²) < 4.78 is 4.97. The summed E-state index contributed by atoms with van der Waals surface area (Å²) in [5.41, 5.74) is 0. The topological polar surface area (TPSA) is 108 Å². The maximum atomic E-state index is 11.7. The van der Waals surface area contributed by atoms with Crippen LogP contribution in [0, 0.1) is 0 Å². The Kier molecular flexibility index (Phi) is 7.32. The standard InChI is InChI=1S/C13H24N2O5/c1-20-9(7-12(17)18)8-14-13(19)15-10-5-3-2-4-6-11(10)16/h9-11,16H,2-8H2,1H3,(H,17,18)(H2,14,15,19). The minimum atomic E-state index is -0.974. The summed E-state index contributed by atoms with van der Waals surface area (Å²) in [6, 6.07) is -0.638. The number of carboxylic acids is 1. The quantitative estimate of drug-likeness (QED) is 0.531. The summed E-state index contributed by atoms with van der Waals surface area (Å²) in [5.74, 6) is -0.974. The zero-order chi connectivity index (χ0) is 15.0. The molecule has 1 aliphatic carbocycles. The summed E-state index contributed by atoms with van der Waals surface area (Å²) in [6.45, 7) is 0.122. The molecule has 7 heteroatoms. The largest absolute Gasteiger partial charge is 0.481 e. The van der Waals surface area contributed by atoms with Crippen molar-refractivity contribution in [3.8, 4) is 0 Å². The number of urea groups is 1. The van der Waals surface area contributed by atoms with Crippen LogP contribution in [0.2, 0.25) is 0 Å². The van der Waals surface area contributed by atoms with E-state index in [1.54, 1.807) is 0 Å². The van der Waals surface area contributed by atoms with Gasteiger partial charge in [-0.25, -0.2) is 4.79 Å². The van der Waals surface area contributed by atoms with Gasteiger partial charge in [-0.15, -0.1) is 0 Å². The van der Waals surface area contributed by atoms with Crippen LogP contribution < -0.4 is 10.6 Å². The van der Waals surface area contributed by atoms with Gasteiger partial charge in [0.2, 0.25) is 0 Å². The first kappa shape index (κ1) is 16.7. The molecule has 0 aliphatic heterocycles. The van der Waals surface area contributed by atoms with Crippen LogP contribution in [0.25, 0.3) is 0 Å². The SMILES string of the molecule is COC(CNC(=O)NC1CCCCCC1O)CC(=O)O. The predicted molar refractivity (Wildman–Crippen MR) is 72.5 cm³/mol. The number of carboxylic acid groups (broad SMARTS) is 1. The molecule has 1 saturated carbocycles. The molecular weight excluding hydrogens is 264 g/mol. The third-order valence-electron chi connectivity index (χ3n) is 3.52. The molecule has 1 aliphatic rings. The number of hydrogen-bond donors (Lipinski definition) is 4. The number of methoxy groups -OCH3 is 1. The van der Waals surface area contributed by atoms with Crippen LogP contribution in [-0.4, -0.2) is 54.1 Å². The average molecular weight is 288 g/mol. The second kappa shape index (κ2) is 8.76. The average Bonchev–Trinajstić information content (AvgIpc) is 2.59. The number of aliphatic hydroxyl groups is 1. The van der Waals surface area contributed by atoms with Crippen molar-refractivity contribution in [2.24, 2.45) is 0 Å². The van der Waals surface area contributed by atoms with Gasteiger partial charge in [-0.05, 0) is 12.8 Å². The van der Waals surface area contributed by atoms with Gasteiger partial charge < -0.3 is 25.6 Å². The van der Waals surface area contributed by atoms with E-state index in [2.05, 4.69) is 10.6 Å². The van der Waals surface area contributed by atoms with E-state index in [1.807, 2.05) is 0 Å². The third kappa shape index (κ3) is 6.21. The van der Waals surface area contributed by atoms with Crippen molar-refractivity contribution in [1.82, 2.24) is 10.6 Å². The van der Waals surface area contributed by atoms with Gasteiger partial charge >= 0.3 is 12.0 Å². The summed E-state index contributed by atoms with van der Waals surface area (Å²) in [6.07, 6.45) is 3.26. The Morgan fingerprint density at radius 3 is 2.65 bits per heavy atom. The number of rotatable bonds is 6. The highest BCUT2D eigenvalue weighted by atomic mass is 16.5. The Labute approximate surface area is 118 Å². The maximum absolute atomic E-state index is 11.7. The van der Waals surface area contributed by atoms with Gasteiger partial charge in [0.05, 0.1) is 24.7 Å². The number of carbonyl (C=O) groups excluding carboxylic acids is 1. The number of nitrogens with one attached hydrogen (secondary N) is 2. The van der Waals surface area contributed by atoms with Gasteiger partial charge in [-0.2, -0.15) is 0 Å². The monoisotopic (exact) mass is 288 g/mol. The van der Waals surface area contributed by atoms with E-state index >= 15 is 0 Å². The molecule has 3 unspecified atom stereocenters. The lowest BCUT2D eigenvalue weighted by molar-refractivity contribution is -0.139. The van der Waals surface area contributed by atoms with E-state index in [4.69, 9.17) is 9.84 Å². The third-order valence-corrected chi connectivity index (χ3v) is 3.52. The zero-order valence-electron chi connectivity index (χ0n) is 11.8. The molecule has 4 N–H and O–H groups in total. The summed E-state index contributed by atoms with van der Waals surface area (Å²) in [7, 11) is 1.41. The maximum Gasteiger partial charge on any atom is 0.315 e. The van der Waals surface area contributed by atoms with Gasteiger partial charge in [0.1, 0.15) is 0 Å². The van der Waals surface area contributed by atoms with Gasteiger partial charge in [0.15, 0.2) is 0 Å². The number of aliphatic hydroxyl groups excluding tert-OH is 1. The minimum absolute atomic E-state index is 0.122. The number of ether oxygens (including phenoxy) is 1. The molecule has 1 rings (SSSR count). The molecule has 0 bridgehead atoms. The first-order chi connectivity index (χ1) is 9.52. The highest BCUT2D eigenvalue weighted by molar-refractivity contribution is 5.74. The predicted octanol–water partition coefficient (Wildman–Crippen LogP) is 0.469. The van der Waals surface area contributed by atoms with Gasteiger partial charge in [-0.3, -0.25) is 4.79 Å². The van der Waals surface area contributed by atoms with E-state index < -0.39 is 24.2 Å². The number of carbonyl (C=O) groups is 2. The summed E-state index contributed by atoms with van der Waals surface area (Å²) in [4.78, 5) is 22.3. The molecule has 0 aromatic carbocycles. The molecule has 7 nitrogen and oxygen atoms in total. The normalized spacial score (nSPS) is 24.5. The van der Waals surface area contributed by atoms with Crippen LogP contribution >= 0.6 is 0 Å². The Hall–Kier alpha value is -1.34. The van der Waals surface area contributed by atoms with Crippen LogP contribution in [0.3, 0.4) is 0 Å². The van der Waals surface area contributed by atoms with Crippen molar-refractivity contribution in [3.05, 3.63) is 0 Å². The fourth-order valence-corrected chi connectivity index (χ4v) is 2.32. The van der Waals surface area contributed by atoms with Gasteiger partial charge in [0, 0.05) is 13.7 Å². The first-order valence-corrected chi connectivity index (χ1v) is 7.00. The van der Waals surface area contributed by atoms with E-state index in [0.29, 0.717) is 6.42 Å². The molecule has 0 spiro atoms. The molecule has 0 heterocycles. The lowest BCUT2D eigenvalue weighted by Gasteiger charge is -2.22. The highest BCUT2D eigenvalue weighted by Crippen LogP contribution is 2.17. The van der Waals surface area contributed by atoms with Crippen molar-refractivity contribution in [3.63, 3.8) is 0 Å². The molecule has 0 aromatic heterocycles. The van der Waals surface area contributed by atoms with Crippen molar-refractivity contribution in [1.29, 1.82) is 0 Å². The van der Waals surface area contributed by atoms with E-state index in [-0.39, 0.29) is 19.0 Å². The Morgan fingerprint density at radius 2 is 2.00 bits per heavy atom. The molecule has 0 radical (unpaired) electrons. The van der Waals surface area contributed by atoms with Crippen molar-refractivity contribution >= 4 is 12.0 Å². The van der Waals surface area contributed by atoms with Crippen LogP contribution in [0.15, 0.2) is 0 Å². The summed E-state index contributed by atoms with van der Waals surface area (Å²) in [5, 5.41) is 23.9.